The van der Waals surface area contributed by atoms with Crippen molar-refractivity contribution in [3.8, 4) is 0 Å². The van der Waals surface area contributed by atoms with E-state index in [0.29, 0.717) is 54.9 Å². The first-order valence-electron chi connectivity index (χ1n) is 41.8. The van der Waals surface area contributed by atoms with E-state index in [1.807, 2.05) is 83.0 Å². The highest BCUT2D eigenvalue weighted by Crippen LogP contribution is 2.45. The number of anilines is 4. The lowest BCUT2D eigenvalue weighted by molar-refractivity contribution is -0.137. The van der Waals surface area contributed by atoms with E-state index in [1.165, 1.54) is 222 Å². The van der Waals surface area contributed by atoms with Gasteiger partial charge in [0.25, 0.3) is 0 Å². The van der Waals surface area contributed by atoms with E-state index in [4.69, 9.17) is 16.7 Å². The lowest BCUT2D eigenvalue weighted by Crippen LogP contribution is -2.39. The molecular weight excluding hydrogens is 1510 g/mol. The average molecular weight is 1620 g/mol. The Balaban J connectivity index is 0.000000114. The summed E-state index contributed by atoms with van der Waals surface area (Å²) in [5.74, 6) is 3.49. The predicted molar refractivity (Wildman–Crippen MR) is 463 cm³/mol. The fourth-order valence-corrected chi connectivity index (χ4v) is 24.1. The summed E-state index contributed by atoms with van der Waals surface area (Å²) in [5.41, 5.74) is 9.53. The standard InChI is InChI=1S/C24H29ClN4S.C23H29N5S.C21H26N6S.C19H26N4O2S/c1-29(13-12-16-4-2-5-17(25)14-16)19-10-8-18(9-11-19)28-23-22-20-6-3-7-21(20)30-24(22)27-15-26-23;1-28(14-12-16-5-2-3-13-24-16)18-10-8-17(9-11-18)27-22-21-19-6-4-7-20(19)29-23(21)26-15-25-22;1-27(12-15-11-22-9-10-23-15)16-7-5-14(6-8-16)26-20-19-17-3-2-4-18(17)28-21(19)25-13-24-20;1-23(10-9-16(24)25)13-7-5-12(6-8-13)22-18-17-14-3-2-4-15(14)26-19(17)21-11-20-18/h2,4-5,14-15,18-19H,3,6-13H2,1H3,(H,26,27,28);2-3,5,13,15,17-18H,4,6-12,14H2,1H3,(H,25,26,27);9-11,13-14,16H,2-8,12H2,1H3,(H,24,25,26);11-13H,2-10H2,1H3,(H,24,25)(H,20,21,22). The van der Waals surface area contributed by atoms with Crippen LogP contribution >= 0.6 is 56.9 Å². The van der Waals surface area contributed by atoms with Gasteiger partial charge in [0.2, 0.25) is 0 Å². The maximum absolute atomic E-state index is 10.8. The molecule has 1 aromatic carbocycles. The number of likely N-dealkylation sites (N-methyl/N-ethyl adjacent to an activating group) is 2. The molecule has 0 saturated heterocycles. The molecule has 4 fully saturated rings. The van der Waals surface area contributed by atoms with Crippen molar-refractivity contribution in [3.63, 3.8) is 0 Å². The number of halogens is 1. The Morgan fingerprint density at radius 1 is 0.416 bits per heavy atom. The molecule has 11 aromatic rings. The van der Waals surface area contributed by atoms with E-state index in [2.05, 4.69) is 141 Å². The van der Waals surface area contributed by atoms with Crippen LogP contribution in [0.1, 0.15) is 194 Å². The van der Waals surface area contributed by atoms with E-state index in [9.17, 15) is 4.79 Å². The monoisotopic (exact) mass is 1620 g/mol. The zero-order valence-corrected chi connectivity index (χ0v) is 70.1. The van der Waals surface area contributed by atoms with Crippen LogP contribution in [0.3, 0.4) is 0 Å². The zero-order valence-electron chi connectivity index (χ0n) is 66.1. The second-order valence-corrected chi connectivity index (χ2v) is 37.6. The van der Waals surface area contributed by atoms with Gasteiger partial charge in [0.15, 0.2) is 0 Å². The van der Waals surface area contributed by atoms with Crippen LogP contribution in [0.2, 0.25) is 5.02 Å². The normalized spacial score (nSPS) is 21.8. The van der Waals surface area contributed by atoms with Crippen molar-refractivity contribution in [3.05, 3.63) is 156 Å². The Morgan fingerprint density at radius 2 is 0.796 bits per heavy atom. The highest BCUT2D eigenvalue weighted by Gasteiger charge is 2.33. The summed E-state index contributed by atoms with van der Waals surface area (Å²) in [6.45, 7) is 3.65. The molecule has 26 heteroatoms. The molecule has 8 aliphatic carbocycles. The molecule has 21 nitrogen and oxygen atoms in total. The van der Waals surface area contributed by atoms with Crippen LogP contribution in [0.4, 0.5) is 23.3 Å². The number of thiophene rings is 4. The van der Waals surface area contributed by atoms with Gasteiger partial charge in [-0.25, -0.2) is 39.9 Å². The van der Waals surface area contributed by atoms with Crippen molar-refractivity contribution >= 4 is 127 Å². The largest absolute Gasteiger partial charge is 0.481 e. The first-order valence-corrected chi connectivity index (χ1v) is 45.5. The Labute approximate surface area is 685 Å². The maximum Gasteiger partial charge on any atom is 0.304 e. The van der Waals surface area contributed by atoms with Gasteiger partial charge in [-0.05, 0) is 266 Å². The number of hydrogen-bond donors (Lipinski definition) is 5. The number of hydrogen-bond acceptors (Lipinski definition) is 24. The second kappa shape index (κ2) is 37.6. The van der Waals surface area contributed by atoms with Gasteiger partial charge < -0.3 is 41.1 Å². The summed E-state index contributed by atoms with van der Waals surface area (Å²) >= 11 is 13.5. The number of fused-ring (bicyclic) bond motifs is 12. The van der Waals surface area contributed by atoms with Gasteiger partial charge in [-0.1, -0.05) is 29.8 Å². The van der Waals surface area contributed by atoms with Crippen molar-refractivity contribution in [2.24, 2.45) is 0 Å². The number of nitrogens with one attached hydrogen (secondary N) is 4. The smallest absolute Gasteiger partial charge is 0.304 e. The van der Waals surface area contributed by atoms with Gasteiger partial charge in [0.1, 0.15) is 67.9 Å². The summed E-state index contributed by atoms with van der Waals surface area (Å²) in [4.78, 5) is 80.7. The molecule has 4 saturated carbocycles. The summed E-state index contributed by atoms with van der Waals surface area (Å²) < 4.78 is 0. The Morgan fingerprint density at radius 3 is 1.16 bits per heavy atom. The molecule has 596 valence electrons. The molecule has 5 N–H and O–H groups in total. The summed E-state index contributed by atoms with van der Waals surface area (Å²) in [5, 5.41) is 29.9. The lowest BCUT2D eigenvalue weighted by Gasteiger charge is -2.35. The molecule has 113 heavy (non-hydrogen) atoms. The van der Waals surface area contributed by atoms with Gasteiger partial charge in [0.05, 0.1) is 33.7 Å². The topological polar surface area (TPSA) is 240 Å². The first kappa shape index (κ1) is 79.3. The number of rotatable bonds is 23. The molecule has 8 aliphatic rings. The molecule has 0 spiro atoms. The molecule has 0 unspecified atom stereocenters. The van der Waals surface area contributed by atoms with E-state index >= 15 is 0 Å². The highest BCUT2D eigenvalue weighted by atomic mass is 35.5. The van der Waals surface area contributed by atoms with Gasteiger partial charge >= 0.3 is 5.97 Å². The summed E-state index contributed by atoms with van der Waals surface area (Å²) in [7, 11) is 8.79. The van der Waals surface area contributed by atoms with Crippen molar-refractivity contribution in [2.75, 3.05) is 69.1 Å². The van der Waals surface area contributed by atoms with Gasteiger partial charge in [-0.15, -0.1) is 45.3 Å². The van der Waals surface area contributed by atoms with E-state index in [1.54, 1.807) is 37.7 Å². The molecule has 19 rings (SSSR count). The Bertz CT molecular complexity index is 4970. The third-order valence-corrected chi connectivity index (χ3v) is 30.5. The van der Waals surface area contributed by atoms with E-state index in [0.717, 1.165) is 118 Å². The second-order valence-electron chi connectivity index (χ2n) is 32.8. The molecular formula is C87H110ClN19O2S4. The Kier molecular flexibility index (Phi) is 26.3. The highest BCUT2D eigenvalue weighted by molar-refractivity contribution is 7.20. The van der Waals surface area contributed by atoms with Crippen LogP contribution in [0.25, 0.3) is 40.9 Å². The van der Waals surface area contributed by atoms with E-state index in [-0.39, 0.29) is 6.42 Å². The number of nitrogens with zero attached hydrogens (tertiary/aromatic N) is 15. The molecule has 0 amide bonds. The number of carbonyl (C=O) groups is 1. The predicted octanol–water partition coefficient (Wildman–Crippen LogP) is 17.3. The third kappa shape index (κ3) is 19.4. The minimum Gasteiger partial charge on any atom is -0.481 e. The van der Waals surface area contributed by atoms with E-state index < -0.39 is 5.97 Å². The molecule has 0 radical (unpaired) electrons. The van der Waals surface area contributed by atoms with Crippen molar-refractivity contribution in [2.45, 2.75) is 254 Å². The zero-order chi connectivity index (χ0) is 77.2. The van der Waals surface area contributed by atoms with Crippen LogP contribution in [-0.2, 0) is 75.5 Å². The SMILES string of the molecule is CN(CCC(=O)O)C1CCC(Nc2ncnc3sc4c(c23)CCC4)CC1.CN(CCc1cccc(Cl)c1)C1CCC(Nc2ncnc3sc4c(c23)CCC4)CC1.CN(CCc1ccccn1)C1CCC(Nc2ncnc3sc4c(c23)CCC4)CC1.CN(Cc1cnccn1)C1CCC(Nc2ncnc3sc4c(c23)CCC4)CC1. The minimum absolute atomic E-state index is 0.219. The van der Waals surface area contributed by atoms with Gasteiger partial charge in [0, 0.05) is 136 Å². The number of aryl methyl sites for hydroxylation is 8. The fraction of sp³-hybridized carbons (Fsp3) is 0.540. The summed E-state index contributed by atoms with van der Waals surface area (Å²) in [6, 6.07) is 18.8. The number of pyridine rings is 1. The van der Waals surface area contributed by atoms with Crippen molar-refractivity contribution in [1.82, 2.24) is 74.4 Å². The van der Waals surface area contributed by atoms with Crippen LogP contribution in [0.15, 0.2) is 92.6 Å². The molecule has 10 aromatic heterocycles. The fourth-order valence-electron chi connectivity index (χ4n) is 19.0. The quantitative estimate of drug-likeness (QED) is 0.0400. The average Bonchev–Trinajstić information content (AvgIpc) is 1.65. The van der Waals surface area contributed by atoms with Gasteiger partial charge in [-0.3, -0.25) is 24.6 Å². The van der Waals surface area contributed by atoms with Crippen molar-refractivity contribution in [1.29, 1.82) is 0 Å². The summed E-state index contributed by atoms with van der Waals surface area (Å²) in [6.07, 6.45) is 49.9. The number of carboxylic acid groups (broad SMARTS) is 1. The molecule has 10 heterocycles. The Hall–Kier alpha value is -7.59. The lowest BCUT2D eigenvalue weighted by atomic mass is 9.90. The number of carboxylic acids is 1. The molecule has 0 aliphatic heterocycles. The van der Waals surface area contributed by atoms with Gasteiger partial charge in [-0.2, -0.15) is 0 Å². The minimum atomic E-state index is -0.719. The van der Waals surface area contributed by atoms with Crippen LogP contribution < -0.4 is 21.3 Å². The third-order valence-electron chi connectivity index (χ3n) is 25.4. The first-order chi connectivity index (χ1) is 55.3. The maximum atomic E-state index is 10.8. The number of aliphatic carboxylic acids is 1. The van der Waals surface area contributed by atoms with Crippen LogP contribution in [0, 0.1) is 0 Å². The van der Waals surface area contributed by atoms with Crippen LogP contribution in [-0.4, -0.2) is 182 Å². The molecule has 0 bridgehead atoms. The number of aromatic nitrogens is 11. The number of benzene rings is 1. The molecule has 0 atom stereocenters. The van der Waals surface area contributed by atoms with Crippen LogP contribution in [0.5, 0.6) is 0 Å². The van der Waals surface area contributed by atoms with Crippen molar-refractivity contribution < 1.29 is 9.90 Å².